The molecule has 0 aliphatic carbocycles. The van der Waals surface area contributed by atoms with E-state index in [-0.39, 0.29) is 18.1 Å². The third-order valence-corrected chi connectivity index (χ3v) is 7.27. The zero-order valence-electron chi connectivity index (χ0n) is 18.7. The highest BCUT2D eigenvalue weighted by molar-refractivity contribution is 8.03. The maximum absolute atomic E-state index is 13.4. The first-order valence-corrected chi connectivity index (χ1v) is 12.1. The van der Waals surface area contributed by atoms with E-state index in [1.807, 2.05) is 18.2 Å². The highest BCUT2D eigenvalue weighted by atomic mass is 35.5. The number of nitriles is 1. The summed E-state index contributed by atoms with van der Waals surface area (Å²) in [5, 5.41) is 47.3. The van der Waals surface area contributed by atoms with Crippen LogP contribution in [-0.2, 0) is 9.53 Å². The quantitative estimate of drug-likeness (QED) is 0.412. The Bertz CT molecular complexity index is 1200. The van der Waals surface area contributed by atoms with Crippen molar-refractivity contribution in [3.63, 3.8) is 0 Å². The van der Waals surface area contributed by atoms with Crippen LogP contribution in [0.25, 0.3) is 0 Å². The molecule has 4 rings (SSSR count). The molecule has 5 atom stereocenters. The predicted molar refractivity (Wildman–Crippen MR) is 133 cm³/mol. The van der Waals surface area contributed by atoms with Gasteiger partial charge in [0.1, 0.15) is 23.7 Å². The number of nitrogens with one attached hydrogen (secondary N) is 2. The minimum Gasteiger partial charge on any atom is -0.388 e. The molecule has 35 heavy (non-hydrogen) atoms. The molecule has 2 aliphatic rings. The molecule has 0 saturated carbocycles. The lowest BCUT2D eigenvalue weighted by molar-refractivity contribution is -0.161. The van der Waals surface area contributed by atoms with E-state index in [0.29, 0.717) is 32.6 Å². The molecule has 1 fully saturated rings. The molecule has 10 heteroatoms. The Labute approximate surface area is 211 Å². The Hall–Kier alpha value is -2.84. The number of allylic oxidation sites excluding steroid dienone is 2. The molecule has 1 amide bonds. The number of rotatable bonds is 5. The van der Waals surface area contributed by atoms with E-state index in [9.17, 15) is 25.4 Å². The van der Waals surface area contributed by atoms with Gasteiger partial charge in [0, 0.05) is 22.0 Å². The monoisotopic (exact) mass is 513 g/mol. The average Bonchev–Trinajstić information content (AvgIpc) is 2.85. The summed E-state index contributed by atoms with van der Waals surface area (Å²) in [7, 11) is 0. The molecule has 1 saturated heterocycles. The largest absolute Gasteiger partial charge is 0.388 e. The SMILES string of the molecule is CC1=C(C(=O)Nc2ccccc2)C(c2ccc(Cl)cc2)C(C#N)=C(S[C@@H]2OC[C@@H](O)[C@H](O)[C@H]2O)N1. The van der Waals surface area contributed by atoms with Crippen molar-refractivity contribution in [1.29, 1.82) is 5.26 Å². The summed E-state index contributed by atoms with van der Waals surface area (Å²) in [5.41, 5.74) is 1.49. The van der Waals surface area contributed by atoms with Crippen LogP contribution in [-0.4, -0.2) is 51.6 Å². The lowest BCUT2D eigenvalue weighted by atomic mass is 9.82. The number of carbonyl (C=O) groups excluding carboxylic acids is 1. The third-order valence-electron chi connectivity index (χ3n) is 5.82. The number of carbonyl (C=O) groups is 1. The fourth-order valence-electron chi connectivity index (χ4n) is 4.01. The van der Waals surface area contributed by atoms with Crippen LogP contribution in [0.4, 0.5) is 5.69 Å². The number of dihydropyridines is 1. The molecule has 5 N–H and O–H groups in total. The molecule has 182 valence electrons. The molecular weight excluding hydrogens is 490 g/mol. The molecule has 2 aromatic carbocycles. The first kappa shape index (κ1) is 25.3. The molecule has 1 unspecified atom stereocenters. The highest BCUT2D eigenvalue weighted by Crippen LogP contribution is 2.43. The molecule has 2 aliphatic heterocycles. The van der Waals surface area contributed by atoms with Crippen LogP contribution in [0, 0.1) is 11.3 Å². The summed E-state index contributed by atoms with van der Waals surface area (Å²) >= 11 is 7.10. The standard InChI is InChI=1S/C25H24ClN3O5S/c1-13-19(23(33)29-16-5-3-2-4-6-16)20(14-7-9-15(26)10-8-14)17(11-27)24(28-13)35-25-22(32)21(31)18(30)12-34-25/h2-10,18,20-22,25,28,30-32H,12H2,1H3,(H,29,33)/t18-,20?,21+,22-,25+/m1/s1. The zero-order valence-corrected chi connectivity index (χ0v) is 20.3. The van der Waals surface area contributed by atoms with Crippen LogP contribution in [0.15, 0.2) is 76.5 Å². The molecular formula is C25H24ClN3O5S. The Morgan fingerprint density at radius 3 is 2.49 bits per heavy atom. The Balaban J connectivity index is 1.72. The van der Waals surface area contributed by atoms with Gasteiger partial charge in [-0.1, -0.05) is 53.7 Å². The topological polar surface area (TPSA) is 135 Å². The second-order valence-corrected chi connectivity index (χ2v) is 9.74. The van der Waals surface area contributed by atoms with Crippen LogP contribution in [0.1, 0.15) is 18.4 Å². The van der Waals surface area contributed by atoms with Gasteiger partial charge in [-0.2, -0.15) is 5.26 Å². The van der Waals surface area contributed by atoms with Crippen molar-refractivity contribution < 1.29 is 24.9 Å². The van der Waals surface area contributed by atoms with Gasteiger partial charge in [0.05, 0.1) is 29.2 Å². The summed E-state index contributed by atoms with van der Waals surface area (Å²) in [4.78, 5) is 13.4. The Morgan fingerprint density at radius 1 is 1.14 bits per heavy atom. The molecule has 8 nitrogen and oxygen atoms in total. The molecule has 0 spiro atoms. The number of halogens is 1. The number of anilines is 1. The number of benzene rings is 2. The Morgan fingerprint density at radius 2 is 1.83 bits per heavy atom. The van der Waals surface area contributed by atoms with Gasteiger partial charge in [-0.05, 0) is 36.8 Å². The van der Waals surface area contributed by atoms with Crippen LogP contribution >= 0.6 is 23.4 Å². The van der Waals surface area contributed by atoms with Crippen molar-refractivity contribution in [2.75, 3.05) is 11.9 Å². The first-order valence-electron chi connectivity index (χ1n) is 10.9. The van der Waals surface area contributed by atoms with Crippen molar-refractivity contribution in [3.05, 3.63) is 87.1 Å². The summed E-state index contributed by atoms with van der Waals surface area (Å²) in [6.07, 6.45) is -3.96. The van der Waals surface area contributed by atoms with E-state index in [4.69, 9.17) is 16.3 Å². The number of para-hydroxylation sites is 1. The molecule has 0 radical (unpaired) electrons. The second kappa shape index (κ2) is 10.8. The van der Waals surface area contributed by atoms with Gasteiger partial charge >= 0.3 is 0 Å². The predicted octanol–water partition coefficient (Wildman–Crippen LogP) is 2.85. The van der Waals surface area contributed by atoms with E-state index in [1.54, 1.807) is 43.3 Å². The van der Waals surface area contributed by atoms with Crippen molar-refractivity contribution >= 4 is 35.0 Å². The van der Waals surface area contributed by atoms with E-state index >= 15 is 0 Å². The maximum atomic E-state index is 13.4. The van der Waals surface area contributed by atoms with Gasteiger partial charge in [0.25, 0.3) is 5.91 Å². The highest BCUT2D eigenvalue weighted by Gasteiger charge is 2.41. The fourth-order valence-corrected chi connectivity index (χ4v) is 5.32. The number of hydrogen-bond acceptors (Lipinski definition) is 8. The number of aliphatic hydroxyl groups excluding tert-OH is 3. The molecule has 0 bridgehead atoms. The zero-order chi connectivity index (χ0) is 25.1. The van der Waals surface area contributed by atoms with Gasteiger partial charge < -0.3 is 30.7 Å². The molecule has 2 heterocycles. The van der Waals surface area contributed by atoms with Gasteiger partial charge in [0.15, 0.2) is 0 Å². The van der Waals surface area contributed by atoms with Crippen molar-refractivity contribution in [2.45, 2.75) is 36.6 Å². The van der Waals surface area contributed by atoms with Crippen LogP contribution < -0.4 is 10.6 Å². The van der Waals surface area contributed by atoms with Crippen LogP contribution in [0.2, 0.25) is 5.02 Å². The van der Waals surface area contributed by atoms with Gasteiger partial charge in [-0.15, -0.1) is 0 Å². The summed E-state index contributed by atoms with van der Waals surface area (Å²) in [6, 6.07) is 18.1. The smallest absolute Gasteiger partial charge is 0.254 e. The lowest BCUT2D eigenvalue weighted by Crippen LogP contribution is -2.51. The van der Waals surface area contributed by atoms with E-state index in [2.05, 4.69) is 16.7 Å². The van der Waals surface area contributed by atoms with Crippen molar-refractivity contribution in [2.24, 2.45) is 0 Å². The normalized spacial score (nSPS) is 26.7. The number of aliphatic hydroxyl groups is 3. The number of nitrogens with zero attached hydrogens (tertiary/aromatic N) is 1. The average molecular weight is 514 g/mol. The van der Waals surface area contributed by atoms with E-state index in [1.165, 1.54) is 0 Å². The minimum atomic E-state index is -1.38. The van der Waals surface area contributed by atoms with E-state index in [0.717, 1.165) is 11.8 Å². The minimum absolute atomic E-state index is 0.161. The van der Waals surface area contributed by atoms with Crippen molar-refractivity contribution in [1.82, 2.24) is 5.32 Å². The number of amides is 1. The number of hydrogen-bond donors (Lipinski definition) is 5. The van der Waals surface area contributed by atoms with Crippen LogP contribution in [0.5, 0.6) is 0 Å². The number of ether oxygens (including phenoxy) is 1. The first-order chi connectivity index (χ1) is 16.8. The van der Waals surface area contributed by atoms with E-state index < -0.39 is 29.7 Å². The number of thioether (sulfide) groups is 1. The van der Waals surface area contributed by atoms with Gasteiger partial charge in [-0.3, -0.25) is 4.79 Å². The van der Waals surface area contributed by atoms with Gasteiger partial charge in [-0.25, -0.2) is 0 Å². The molecule has 0 aromatic heterocycles. The third kappa shape index (κ3) is 5.38. The maximum Gasteiger partial charge on any atom is 0.254 e. The summed E-state index contributed by atoms with van der Waals surface area (Å²) < 4.78 is 5.52. The van der Waals surface area contributed by atoms with Crippen molar-refractivity contribution in [3.8, 4) is 6.07 Å². The summed E-state index contributed by atoms with van der Waals surface area (Å²) in [5.74, 6) is -1.09. The lowest BCUT2D eigenvalue weighted by Gasteiger charge is -2.36. The molecule has 2 aromatic rings. The van der Waals surface area contributed by atoms with Gasteiger partial charge in [0.2, 0.25) is 0 Å². The second-order valence-electron chi connectivity index (χ2n) is 8.19. The Kier molecular flexibility index (Phi) is 7.82. The summed E-state index contributed by atoms with van der Waals surface area (Å²) in [6.45, 7) is 1.57. The fraction of sp³-hybridized carbons (Fsp3) is 0.280. The van der Waals surface area contributed by atoms with Crippen LogP contribution in [0.3, 0.4) is 0 Å².